The predicted molar refractivity (Wildman–Crippen MR) is 152 cm³/mol. The van der Waals surface area contributed by atoms with Crippen LogP contribution in [0.15, 0.2) is 66.0 Å². The van der Waals surface area contributed by atoms with Gasteiger partial charge in [-0.3, -0.25) is 14.5 Å². The van der Waals surface area contributed by atoms with Crippen molar-refractivity contribution in [3.8, 4) is 16.3 Å². The van der Waals surface area contributed by atoms with Crippen molar-refractivity contribution in [1.82, 2.24) is 14.7 Å². The van der Waals surface area contributed by atoms with E-state index in [9.17, 15) is 14.0 Å². The molecule has 2 amide bonds. The number of hydrogen-bond donors (Lipinski definition) is 0. The smallest absolute Gasteiger partial charge is 0.242 e. The molecule has 1 atom stereocenters. The van der Waals surface area contributed by atoms with Gasteiger partial charge in [-0.1, -0.05) is 41.9 Å². The second kappa shape index (κ2) is 11.1. The molecule has 200 valence electrons. The predicted octanol–water partition coefficient (Wildman–Crippen LogP) is 5.42. The molecule has 0 spiro atoms. The molecular formula is C28H24ClFN4O3S2. The van der Waals surface area contributed by atoms with Crippen LogP contribution < -0.4 is 4.90 Å². The van der Waals surface area contributed by atoms with E-state index >= 15 is 0 Å². The van der Waals surface area contributed by atoms with Gasteiger partial charge in [0.15, 0.2) is 0 Å². The first-order valence-corrected chi connectivity index (χ1v) is 14.8. The van der Waals surface area contributed by atoms with Gasteiger partial charge in [0.2, 0.25) is 11.8 Å². The second-order valence-corrected chi connectivity index (χ2v) is 11.6. The van der Waals surface area contributed by atoms with Gasteiger partial charge in [0.05, 0.1) is 39.8 Å². The maximum Gasteiger partial charge on any atom is 0.242 e. The first kappa shape index (κ1) is 26.1. The van der Waals surface area contributed by atoms with Gasteiger partial charge in [-0.25, -0.2) is 9.07 Å². The molecule has 39 heavy (non-hydrogen) atoms. The largest absolute Gasteiger partial charge is 0.378 e. The van der Waals surface area contributed by atoms with Gasteiger partial charge in [-0.2, -0.15) is 5.10 Å². The Morgan fingerprint density at radius 3 is 2.56 bits per heavy atom. The molecule has 2 aliphatic rings. The summed E-state index contributed by atoms with van der Waals surface area (Å²) in [5, 5.41) is 7.12. The van der Waals surface area contributed by atoms with Crippen molar-refractivity contribution < 1.29 is 18.7 Å². The number of thioether (sulfide) groups is 1. The van der Waals surface area contributed by atoms with E-state index in [-0.39, 0.29) is 35.2 Å². The maximum absolute atomic E-state index is 13.9. The number of nitrogens with zero attached hydrogens (tertiary/aromatic N) is 4. The molecule has 0 aliphatic carbocycles. The Bertz CT molecular complexity index is 1500. The van der Waals surface area contributed by atoms with Crippen LogP contribution in [0.3, 0.4) is 0 Å². The van der Waals surface area contributed by atoms with E-state index in [4.69, 9.17) is 21.4 Å². The van der Waals surface area contributed by atoms with Crippen LogP contribution in [0, 0.1) is 5.82 Å². The van der Waals surface area contributed by atoms with Gasteiger partial charge in [0.25, 0.3) is 0 Å². The third kappa shape index (κ3) is 5.09. The number of carbonyl (C=O) groups excluding carboxylic acids is 2. The summed E-state index contributed by atoms with van der Waals surface area (Å²) in [5.41, 5.74) is 2.92. The van der Waals surface area contributed by atoms with E-state index in [1.165, 1.54) is 40.1 Å². The van der Waals surface area contributed by atoms with Crippen molar-refractivity contribution in [2.24, 2.45) is 0 Å². The Kier molecular flexibility index (Phi) is 7.44. The summed E-state index contributed by atoms with van der Waals surface area (Å²) in [6, 6.07) is 17.5. The number of benzene rings is 2. The summed E-state index contributed by atoms with van der Waals surface area (Å²) >= 11 is 9.64. The average Bonchev–Trinajstić information content (AvgIpc) is 3.59. The van der Waals surface area contributed by atoms with Crippen LogP contribution in [0.25, 0.3) is 16.3 Å². The normalized spacial score (nSPS) is 17.7. The zero-order valence-electron chi connectivity index (χ0n) is 20.8. The Hall–Kier alpha value is -3.18. The van der Waals surface area contributed by atoms with Crippen LogP contribution >= 0.6 is 34.7 Å². The molecule has 6 rings (SSSR count). The molecule has 2 aliphatic heterocycles. The lowest BCUT2D eigenvalue weighted by Crippen LogP contribution is -2.48. The Morgan fingerprint density at radius 1 is 1.08 bits per heavy atom. The number of carbonyl (C=O) groups is 2. The Balaban J connectivity index is 1.58. The van der Waals surface area contributed by atoms with Crippen LogP contribution in [0.2, 0.25) is 5.02 Å². The van der Waals surface area contributed by atoms with Crippen molar-refractivity contribution in [3.05, 3.63) is 88.0 Å². The van der Waals surface area contributed by atoms with Gasteiger partial charge in [0.1, 0.15) is 23.9 Å². The standard InChI is InChI=1S/C28H24ClFN4O3S2/c29-20-4-1-2-5-21(20)34-28-25(26(31-34)22-6-3-15-38-22)27(18-7-9-19(30)10-8-18)39-17-24(36)33(28)16-23(35)32-11-13-37-14-12-32/h1-10,15,27H,11-14,16-17H2/t27-/m1/s1. The van der Waals surface area contributed by atoms with Gasteiger partial charge in [-0.15, -0.1) is 23.1 Å². The minimum atomic E-state index is -0.336. The molecule has 7 nitrogen and oxygen atoms in total. The zero-order valence-corrected chi connectivity index (χ0v) is 23.1. The fourth-order valence-corrected chi connectivity index (χ4v) is 6.99. The van der Waals surface area contributed by atoms with E-state index in [1.54, 1.807) is 27.8 Å². The molecule has 11 heteroatoms. The van der Waals surface area contributed by atoms with Crippen molar-refractivity contribution >= 4 is 52.3 Å². The zero-order chi connectivity index (χ0) is 26.9. The van der Waals surface area contributed by atoms with Gasteiger partial charge < -0.3 is 9.64 Å². The first-order chi connectivity index (χ1) is 19.0. The number of para-hydroxylation sites is 1. The minimum absolute atomic E-state index is 0.136. The molecule has 0 bridgehead atoms. The molecule has 1 saturated heterocycles. The van der Waals surface area contributed by atoms with Gasteiger partial charge in [-0.05, 0) is 41.3 Å². The number of amides is 2. The van der Waals surface area contributed by atoms with E-state index in [0.29, 0.717) is 48.5 Å². The molecule has 1 fully saturated rings. The lowest BCUT2D eigenvalue weighted by Gasteiger charge is -2.30. The molecule has 0 radical (unpaired) electrons. The number of anilines is 1. The molecule has 4 heterocycles. The quantitative estimate of drug-likeness (QED) is 0.314. The summed E-state index contributed by atoms with van der Waals surface area (Å²) in [7, 11) is 0. The number of thiophene rings is 1. The topological polar surface area (TPSA) is 67.7 Å². The fourth-order valence-electron chi connectivity index (χ4n) is 4.85. The van der Waals surface area contributed by atoms with Gasteiger partial charge >= 0.3 is 0 Å². The van der Waals surface area contributed by atoms with Crippen LogP contribution in [0.5, 0.6) is 0 Å². The number of rotatable bonds is 5. The van der Waals surface area contributed by atoms with Crippen LogP contribution in [-0.4, -0.2) is 65.1 Å². The lowest BCUT2D eigenvalue weighted by molar-refractivity contribution is -0.134. The van der Waals surface area contributed by atoms with Crippen molar-refractivity contribution in [2.75, 3.05) is 43.5 Å². The highest BCUT2D eigenvalue weighted by Gasteiger charge is 2.38. The number of morpholine rings is 1. The van der Waals surface area contributed by atoms with Crippen molar-refractivity contribution in [2.45, 2.75) is 5.25 Å². The highest BCUT2D eigenvalue weighted by molar-refractivity contribution is 8.00. The van der Waals surface area contributed by atoms with E-state index < -0.39 is 0 Å². The molecule has 0 N–H and O–H groups in total. The van der Waals surface area contributed by atoms with E-state index in [0.717, 1.165) is 16.0 Å². The summed E-state index contributed by atoms with van der Waals surface area (Å²) in [6.07, 6.45) is 0. The third-order valence-corrected chi connectivity index (χ3v) is 9.21. The second-order valence-electron chi connectivity index (χ2n) is 9.14. The summed E-state index contributed by atoms with van der Waals surface area (Å²) in [4.78, 5) is 31.4. The SMILES string of the molecule is O=C(CN1C(=O)CS[C@H](c2ccc(F)cc2)c2c(-c3cccs3)nn(-c3ccccc3Cl)c21)N1CCOCC1. The molecule has 2 aromatic heterocycles. The van der Waals surface area contributed by atoms with Crippen LogP contribution in [-0.2, 0) is 14.3 Å². The number of halogens is 2. The number of ether oxygens (including phenoxy) is 1. The first-order valence-electron chi connectivity index (χ1n) is 12.5. The highest BCUT2D eigenvalue weighted by Crippen LogP contribution is 2.49. The third-order valence-electron chi connectivity index (χ3n) is 6.75. The molecule has 4 aromatic rings. The van der Waals surface area contributed by atoms with Crippen LogP contribution in [0.4, 0.5) is 10.2 Å². The van der Waals surface area contributed by atoms with Crippen molar-refractivity contribution in [3.63, 3.8) is 0 Å². The summed E-state index contributed by atoms with van der Waals surface area (Å²) in [6.45, 7) is 1.75. The summed E-state index contributed by atoms with van der Waals surface area (Å²) < 4.78 is 21.0. The lowest BCUT2D eigenvalue weighted by atomic mass is 10.0. The van der Waals surface area contributed by atoms with Crippen molar-refractivity contribution in [1.29, 1.82) is 0 Å². The molecule has 2 aromatic carbocycles. The fraction of sp³-hybridized carbons (Fsp3) is 0.250. The minimum Gasteiger partial charge on any atom is -0.378 e. The Morgan fingerprint density at radius 2 is 1.85 bits per heavy atom. The number of aromatic nitrogens is 2. The van der Waals surface area contributed by atoms with Crippen LogP contribution in [0.1, 0.15) is 16.4 Å². The van der Waals surface area contributed by atoms with E-state index in [2.05, 4.69) is 0 Å². The van der Waals surface area contributed by atoms with Gasteiger partial charge in [0, 0.05) is 18.7 Å². The number of fused-ring (bicyclic) bond motifs is 1. The Labute approximate surface area is 238 Å². The summed E-state index contributed by atoms with van der Waals surface area (Å²) in [5.74, 6) is -0.0700. The average molecular weight is 583 g/mol. The molecular weight excluding hydrogens is 559 g/mol. The highest BCUT2D eigenvalue weighted by atomic mass is 35.5. The maximum atomic E-state index is 13.9. The van der Waals surface area contributed by atoms with E-state index in [1.807, 2.05) is 35.7 Å². The molecule has 0 unspecified atom stereocenters. The number of hydrogen-bond acceptors (Lipinski definition) is 6. The molecule has 0 saturated carbocycles. The monoisotopic (exact) mass is 582 g/mol.